The number of carbonyl (C=O) groups is 1. The Labute approximate surface area is 126 Å². The van der Waals surface area contributed by atoms with Gasteiger partial charge in [-0.2, -0.15) is 0 Å². The summed E-state index contributed by atoms with van der Waals surface area (Å²) in [5.74, 6) is -0.285. The third kappa shape index (κ3) is 4.26. The summed E-state index contributed by atoms with van der Waals surface area (Å²) in [6, 6.07) is 6.02. The van der Waals surface area contributed by atoms with Crippen molar-refractivity contribution in [2.24, 2.45) is 5.73 Å². The molecule has 3 N–H and O–H groups in total. The third-order valence-corrected chi connectivity index (χ3v) is 5.01. The molecule has 7 heteroatoms. The molecule has 6 nitrogen and oxygen atoms in total. The molecule has 0 aromatic heterocycles. The van der Waals surface area contributed by atoms with Crippen LogP contribution in [0, 0.1) is 0 Å². The van der Waals surface area contributed by atoms with E-state index in [1.807, 2.05) is 6.92 Å². The van der Waals surface area contributed by atoms with Crippen molar-refractivity contribution >= 4 is 21.6 Å². The topological polar surface area (TPSA) is 92.5 Å². The van der Waals surface area contributed by atoms with Crippen LogP contribution in [0.1, 0.15) is 26.7 Å². The molecular weight excluding hydrogens is 290 g/mol. The molecule has 0 bridgehead atoms. The van der Waals surface area contributed by atoms with Gasteiger partial charge in [0.25, 0.3) is 0 Å². The summed E-state index contributed by atoms with van der Waals surface area (Å²) in [4.78, 5) is 12.2. The van der Waals surface area contributed by atoms with Crippen LogP contribution in [0.25, 0.3) is 0 Å². The number of carbonyl (C=O) groups excluding carboxylic acids is 1. The summed E-state index contributed by atoms with van der Waals surface area (Å²) in [5.41, 5.74) is 5.52. The number of benzene rings is 1. The zero-order chi connectivity index (χ0) is 16.3. The predicted molar refractivity (Wildman–Crippen MR) is 83.4 cm³/mol. The van der Waals surface area contributed by atoms with E-state index >= 15 is 0 Å². The smallest absolute Gasteiger partial charge is 0.244 e. The van der Waals surface area contributed by atoms with Crippen molar-refractivity contribution in [3.8, 4) is 0 Å². The molecule has 0 saturated heterocycles. The average molecular weight is 313 g/mol. The first kappa shape index (κ1) is 17.6. The zero-order valence-corrected chi connectivity index (χ0v) is 13.7. The van der Waals surface area contributed by atoms with Gasteiger partial charge in [0.1, 0.15) is 0 Å². The molecule has 0 saturated carbocycles. The maximum Gasteiger partial charge on any atom is 0.244 e. The third-order valence-electron chi connectivity index (χ3n) is 3.18. The average Bonchev–Trinajstić information content (AvgIpc) is 2.39. The fourth-order valence-electron chi connectivity index (χ4n) is 1.83. The van der Waals surface area contributed by atoms with Crippen LogP contribution in [0.15, 0.2) is 29.2 Å². The molecule has 0 spiro atoms. The molecule has 1 atom stereocenters. The summed E-state index contributed by atoms with van der Waals surface area (Å²) in [5, 5.41) is 2.70. The van der Waals surface area contributed by atoms with Crippen molar-refractivity contribution < 1.29 is 13.2 Å². The molecule has 0 aliphatic heterocycles. The Kier molecular flexibility index (Phi) is 5.49. The van der Waals surface area contributed by atoms with Crippen LogP contribution < -0.4 is 11.1 Å². The summed E-state index contributed by atoms with van der Waals surface area (Å²) >= 11 is 0. The van der Waals surface area contributed by atoms with Gasteiger partial charge in [0.2, 0.25) is 15.9 Å². The van der Waals surface area contributed by atoms with Crippen LogP contribution in [0.4, 0.5) is 5.69 Å². The van der Waals surface area contributed by atoms with Gasteiger partial charge in [-0.15, -0.1) is 0 Å². The summed E-state index contributed by atoms with van der Waals surface area (Å²) in [7, 11) is -0.527. The van der Waals surface area contributed by atoms with Gasteiger partial charge in [-0.25, -0.2) is 12.7 Å². The number of nitrogens with two attached hydrogens (primary N) is 1. The Bertz CT molecular complexity index is 592. The Morgan fingerprint density at radius 3 is 2.24 bits per heavy atom. The van der Waals surface area contributed by atoms with E-state index in [1.165, 1.54) is 26.2 Å². The van der Waals surface area contributed by atoms with Gasteiger partial charge >= 0.3 is 0 Å². The van der Waals surface area contributed by atoms with Crippen molar-refractivity contribution in [3.05, 3.63) is 24.3 Å². The van der Waals surface area contributed by atoms with Crippen LogP contribution in [-0.2, 0) is 14.8 Å². The van der Waals surface area contributed by atoms with Crippen LogP contribution in [0.5, 0.6) is 0 Å². The van der Waals surface area contributed by atoms with Crippen molar-refractivity contribution in [1.29, 1.82) is 0 Å². The molecule has 1 aromatic rings. The first-order chi connectivity index (χ1) is 9.61. The first-order valence-corrected chi connectivity index (χ1v) is 8.18. The van der Waals surface area contributed by atoms with Crippen molar-refractivity contribution in [2.45, 2.75) is 37.1 Å². The minimum Gasteiger partial charge on any atom is -0.325 e. The zero-order valence-electron chi connectivity index (χ0n) is 12.9. The highest BCUT2D eigenvalue weighted by Gasteiger charge is 2.27. The van der Waals surface area contributed by atoms with E-state index in [0.29, 0.717) is 12.1 Å². The molecule has 1 aromatic carbocycles. The molecule has 118 valence electrons. The molecule has 0 aliphatic carbocycles. The number of nitrogens with one attached hydrogen (secondary N) is 1. The maximum absolute atomic E-state index is 12.1. The molecule has 0 aliphatic rings. The summed E-state index contributed by atoms with van der Waals surface area (Å²) < 4.78 is 25.0. The molecular formula is C14H23N3O3S. The van der Waals surface area contributed by atoms with Crippen molar-refractivity contribution in [2.75, 3.05) is 19.4 Å². The number of anilines is 1. The Balaban J connectivity index is 2.88. The second kappa shape index (κ2) is 6.55. The standard InChI is InChI=1S/C14H23N3O3S/c1-5-10-14(2,15)13(18)16-11-6-8-12(9-7-11)21(19,20)17(3)4/h6-9H,5,10,15H2,1-4H3,(H,16,18). The second-order valence-electron chi connectivity index (χ2n) is 5.43. The van der Waals surface area contributed by atoms with Crippen molar-refractivity contribution in [3.63, 3.8) is 0 Å². The molecule has 1 amide bonds. The lowest BCUT2D eigenvalue weighted by Crippen LogP contribution is -2.48. The number of rotatable bonds is 6. The van der Waals surface area contributed by atoms with Crippen molar-refractivity contribution in [1.82, 2.24) is 4.31 Å². The van der Waals surface area contributed by atoms with E-state index in [1.54, 1.807) is 19.1 Å². The largest absolute Gasteiger partial charge is 0.325 e. The molecule has 0 radical (unpaired) electrons. The highest BCUT2D eigenvalue weighted by Crippen LogP contribution is 2.18. The number of nitrogens with zero attached hydrogens (tertiary/aromatic N) is 1. The SMILES string of the molecule is CCCC(C)(N)C(=O)Nc1ccc(S(=O)(=O)N(C)C)cc1. The van der Waals surface area contributed by atoms with Crippen LogP contribution in [0.2, 0.25) is 0 Å². The highest BCUT2D eigenvalue weighted by molar-refractivity contribution is 7.89. The van der Waals surface area contributed by atoms with Gasteiger partial charge in [0.05, 0.1) is 10.4 Å². The lowest BCUT2D eigenvalue weighted by Gasteiger charge is -2.22. The fraction of sp³-hybridized carbons (Fsp3) is 0.500. The number of amides is 1. The van der Waals surface area contributed by atoms with Crippen LogP contribution >= 0.6 is 0 Å². The lowest BCUT2D eigenvalue weighted by molar-refractivity contribution is -0.120. The first-order valence-electron chi connectivity index (χ1n) is 6.74. The highest BCUT2D eigenvalue weighted by atomic mass is 32.2. The lowest BCUT2D eigenvalue weighted by atomic mass is 9.96. The summed E-state index contributed by atoms with van der Waals surface area (Å²) in [6.45, 7) is 3.63. The van der Waals surface area contributed by atoms with E-state index < -0.39 is 15.6 Å². The quantitative estimate of drug-likeness (QED) is 0.830. The van der Waals surface area contributed by atoms with Gasteiger partial charge in [-0.1, -0.05) is 13.3 Å². The maximum atomic E-state index is 12.1. The van der Waals surface area contributed by atoms with E-state index in [0.717, 1.165) is 10.7 Å². The van der Waals surface area contributed by atoms with Gasteiger partial charge in [0.15, 0.2) is 0 Å². The summed E-state index contributed by atoms with van der Waals surface area (Å²) in [6.07, 6.45) is 1.38. The van der Waals surface area contributed by atoms with Gasteiger partial charge in [-0.3, -0.25) is 4.79 Å². The van der Waals surface area contributed by atoms with E-state index in [-0.39, 0.29) is 10.8 Å². The predicted octanol–water partition coefficient (Wildman–Crippen LogP) is 1.39. The number of sulfonamides is 1. The minimum atomic E-state index is -3.46. The molecule has 0 heterocycles. The second-order valence-corrected chi connectivity index (χ2v) is 7.59. The molecule has 0 fully saturated rings. The Morgan fingerprint density at radius 2 is 1.81 bits per heavy atom. The van der Waals surface area contributed by atoms with E-state index in [2.05, 4.69) is 5.32 Å². The van der Waals surface area contributed by atoms with Crippen LogP contribution in [-0.4, -0.2) is 38.3 Å². The van der Waals surface area contributed by atoms with Crippen LogP contribution in [0.3, 0.4) is 0 Å². The number of hydrogen-bond donors (Lipinski definition) is 2. The van der Waals surface area contributed by atoms with E-state index in [4.69, 9.17) is 5.73 Å². The van der Waals surface area contributed by atoms with Gasteiger partial charge in [0, 0.05) is 19.8 Å². The molecule has 1 unspecified atom stereocenters. The van der Waals surface area contributed by atoms with Gasteiger partial charge in [-0.05, 0) is 37.6 Å². The number of hydrogen-bond acceptors (Lipinski definition) is 4. The monoisotopic (exact) mass is 313 g/mol. The normalized spacial score (nSPS) is 14.8. The van der Waals surface area contributed by atoms with E-state index in [9.17, 15) is 13.2 Å². The molecule has 1 rings (SSSR count). The Hall–Kier alpha value is -1.44. The Morgan fingerprint density at radius 1 is 1.29 bits per heavy atom. The minimum absolute atomic E-state index is 0.176. The fourth-order valence-corrected chi connectivity index (χ4v) is 2.73. The molecule has 21 heavy (non-hydrogen) atoms. The van der Waals surface area contributed by atoms with Gasteiger partial charge < -0.3 is 11.1 Å².